The minimum atomic E-state index is 0.631. The van der Waals surface area contributed by atoms with Crippen LogP contribution in [0, 0.1) is 5.41 Å². The monoisotopic (exact) mass is 212 g/mol. The Bertz CT molecular complexity index is 171. The minimum Gasteiger partial charge on any atom is -0.316 e. The first-order valence-corrected chi connectivity index (χ1v) is 6.59. The minimum absolute atomic E-state index is 0.631. The topological polar surface area (TPSA) is 15.3 Å². The quantitative estimate of drug-likeness (QED) is 0.728. The zero-order chi connectivity index (χ0) is 11.3. The summed E-state index contributed by atoms with van der Waals surface area (Å²) in [6, 6.07) is 0.675. The Morgan fingerprint density at radius 2 is 1.93 bits per heavy atom. The standard InChI is InChI=1S/C13H28N2/c1-5-12(14-4)10-15-9-8-13(6-2,7-3)11-15/h12,14H,5-11H2,1-4H3. The van der Waals surface area contributed by atoms with Crippen LogP contribution in [-0.2, 0) is 0 Å². The Balaban J connectivity index is 2.41. The van der Waals surface area contributed by atoms with Crippen LogP contribution in [0.5, 0.6) is 0 Å². The van der Waals surface area contributed by atoms with E-state index in [4.69, 9.17) is 0 Å². The predicted octanol–water partition coefficient (Wildman–Crippen LogP) is 2.50. The number of hydrogen-bond acceptors (Lipinski definition) is 2. The summed E-state index contributed by atoms with van der Waals surface area (Å²) in [5.41, 5.74) is 0.631. The number of likely N-dealkylation sites (tertiary alicyclic amines) is 1. The molecule has 0 saturated carbocycles. The van der Waals surface area contributed by atoms with Gasteiger partial charge in [-0.3, -0.25) is 0 Å². The maximum absolute atomic E-state index is 3.40. The fourth-order valence-corrected chi connectivity index (χ4v) is 2.75. The summed E-state index contributed by atoms with van der Waals surface area (Å²) in [4.78, 5) is 2.65. The molecular formula is C13H28N2. The van der Waals surface area contributed by atoms with Crippen molar-refractivity contribution in [3.8, 4) is 0 Å². The van der Waals surface area contributed by atoms with Gasteiger partial charge in [0.15, 0.2) is 0 Å². The van der Waals surface area contributed by atoms with E-state index in [9.17, 15) is 0 Å². The Kier molecular flexibility index (Phi) is 5.07. The van der Waals surface area contributed by atoms with E-state index in [-0.39, 0.29) is 0 Å². The van der Waals surface area contributed by atoms with Gasteiger partial charge in [-0.15, -0.1) is 0 Å². The van der Waals surface area contributed by atoms with Crippen molar-refractivity contribution in [2.75, 3.05) is 26.7 Å². The molecule has 0 radical (unpaired) electrons. The van der Waals surface area contributed by atoms with Gasteiger partial charge < -0.3 is 10.2 Å². The Morgan fingerprint density at radius 1 is 1.27 bits per heavy atom. The van der Waals surface area contributed by atoms with Crippen LogP contribution in [0.2, 0.25) is 0 Å². The molecule has 1 rings (SSSR count). The van der Waals surface area contributed by atoms with Gasteiger partial charge in [-0.05, 0) is 44.7 Å². The lowest BCUT2D eigenvalue weighted by Gasteiger charge is -2.28. The maximum Gasteiger partial charge on any atom is 0.0189 e. The molecule has 1 heterocycles. The lowest BCUT2D eigenvalue weighted by molar-refractivity contribution is 0.225. The third-order valence-corrected chi connectivity index (χ3v) is 4.40. The lowest BCUT2D eigenvalue weighted by atomic mass is 9.82. The molecule has 1 fully saturated rings. The highest BCUT2D eigenvalue weighted by Crippen LogP contribution is 2.36. The molecule has 0 aromatic rings. The van der Waals surface area contributed by atoms with Crippen molar-refractivity contribution in [2.45, 2.75) is 52.5 Å². The van der Waals surface area contributed by atoms with Crippen molar-refractivity contribution in [1.82, 2.24) is 10.2 Å². The average Bonchev–Trinajstić information content (AvgIpc) is 2.70. The number of nitrogens with zero attached hydrogens (tertiary/aromatic N) is 1. The van der Waals surface area contributed by atoms with E-state index in [0.29, 0.717) is 11.5 Å². The second kappa shape index (κ2) is 5.86. The second-order valence-electron chi connectivity index (χ2n) is 5.09. The molecule has 0 amide bonds. The van der Waals surface area contributed by atoms with Gasteiger partial charge in [0, 0.05) is 19.1 Å². The first-order valence-electron chi connectivity index (χ1n) is 6.59. The van der Waals surface area contributed by atoms with Crippen LogP contribution in [0.3, 0.4) is 0 Å². The number of rotatable bonds is 6. The van der Waals surface area contributed by atoms with E-state index in [1.165, 1.54) is 45.3 Å². The predicted molar refractivity (Wildman–Crippen MR) is 67.2 cm³/mol. The Labute approximate surface area is 95.4 Å². The zero-order valence-electron chi connectivity index (χ0n) is 11.0. The van der Waals surface area contributed by atoms with Crippen molar-refractivity contribution < 1.29 is 0 Å². The second-order valence-corrected chi connectivity index (χ2v) is 5.09. The molecule has 15 heavy (non-hydrogen) atoms. The number of likely N-dealkylation sites (N-methyl/N-ethyl adjacent to an activating group) is 1. The number of nitrogens with one attached hydrogen (secondary N) is 1. The van der Waals surface area contributed by atoms with Crippen LogP contribution in [0.1, 0.15) is 46.5 Å². The molecule has 90 valence electrons. The molecule has 0 aromatic carbocycles. The zero-order valence-corrected chi connectivity index (χ0v) is 11.0. The summed E-state index contributed by atoms with van der Waals surface area (Å²) in [6.45, 7) is 10.8. The Morgan fingerprint density at radius 3 is 2.33 bits per heavy atom. The van der Waals surface area contributed by atoms with E-state index in [2.05, 4.69) is 38.0 Å². The summed E-state index contributed by atoms with van der Waals surface area (Å²) in [6.07, 6.45) is 5.32. The molecule has 1 atom stereocenters. The summed E-state index contributed by atoms with van der Waals surface area (Å²) in [7, 11) is 2.08. The van der Waals surface area contributed by atoms with Gasteiger partial charge in [0.1, 0.15) is 0 Å². The van der Waals surface area contributed by atoms with Crippen LogP contribution in [-0.4, -0.2) is 37.6 Å². The molecule has 1 aliphatic rings. The highest BCUT2D eigenvalue weighted by atomic mass is 15.2. The third-order valence-electron chi connectivity index (χ3n) is 4.40. The molecule has 1 N–H and O–H groups in total. The van der Waals surface area contributed by atoms with E-state index >= 15 is 0 Å². The van der Waals surface area contributed by atoms with Gasteiger partial charge in [0.05, 0.1) is 0 Å². The van der Waals surface area contributed by atoms with Gasteiger partial charge >= 0.3 is 0 Å². The van der Waals surface area contributed by atoms with Gasteiger partial charge in [-0.1, -0.05) is 20.8 Å². The van der Waals surface area contributed by atoms with Crippen LogP contribution >= 0.6 is 0 Å². The summed E-state index contributed by atoms with van der Waals surface area (Å²) < 4.78 is 0. The fourth-order valence-electron chi connectivity index (χ4n) is 2.75. The first kappa shape index (κ1) is 13.0. The van der Waals surface area contributed by atoms with Crippen molar-refractivity contribution >= 4 is 0 Å². The average molecular weight is 212 g/mol. The highest BCUT2D eigenvalue weighted by Gasteiger charge is 2.34. The lowest BCUT2D eigenvalue weighted by Crippen LogP contribution is -2.39. The molecule has 0 spiro atoms. The van der Waals surface area contributed by atoms with Crippen LogP contribution in [0.15, 0.2) is 0 Å². The van der Waals surface area contributed by atoms with Crippen molar-refractivity contribution in [3.63, 3.8) is 0 Å². The van der Waals surface area contributed by atoms with E-state index in [1.807, 2.05) is 0 Å². The van der Waals surface area contributed by atoms with E-state index < -0.39 is 0 Å². The summed E-state index contributed by atoms with van der Waals surface area (Å²) in [5, 5.41) is 3.40. The van der Waals surface area contributed by atoms with Gasteiger partial charge in [-0.25, -0.2) is 0 Å². The normalized spacial score (nSPS) is 23.2. The smallest absolute Gasteiger partial charge is 0.0189 e. The van der Waals surface area contributed by atoms with Gasteiger partial charge in [0.25, 0.3) is 0 Å². The number of hydrogen-bond donors (Lipinski definition) is 1. The van der Waals surface area contributed by atoms with E-state index in [1.54, 1.807) is 0 Å². The van der Waals surface area contributed by atoms with Gasteiger partial charge in [0.2, 0.25) is 0 Å². The van der Waals surface area contributed by atoms with Crippen LogP contribution < -0.4 is 5.32 Å². The molecular weight excluding hydrogens is 184 g/mol. The fraction of sp³-hybridized carbons (Fsp3) is 1.00. The molecule has 1 aliphatic heterocycles. The molecule has 0 aliphatic carbocycles. The summed E-state index contributed by atoms with van der Waals surface area (Å²) in [5.74, 6) is 0. The maximum atomic E-state index is 3.40. The van der Waals surface area contributed by atoms with Crippen LogP contribution in [0.4, 0.5) is 0 Å². The third kappa shape index (κ3) is 3.18. The molecule has 0 bridgehead atoms. The SMILES string of the molecule is CCC(CN1CCC(CC)(CC)C1)NC. The molecule has 0 aromatic heterocycles. The largest absolute Gasteiger partial charge is 0.316 e. The highest BCUT2D eigenvalue weighted by molar-refractivity contribution is 4.89. The van der Waals surface area contributed by atoms with E-state index in [0.717, 1.165) is 0 Å². The first-order chi connectivity index (χ1) is 7.19. The molecule has 1 saturated heterocycles. The Hall–Kier alpha value is -0.0800. The van der Waals surface area contributed by atoms with Gasteiger partial charge in [-0.2, -0.15) is 0 Å². The summed E-state index contributed by atoms with van der Waals surface area (Å²) >= 11 is 0. The van der Waals surface area contributed by atoms with Crippen molar-refractivity contribution in [2.24, 2.45) is 5.41 Å². The van der Waals surface area contributed by atoms with Crippen molar-refractivity contribution in [1.29, 1.82) is 0 Å². The molecule has 2 nitrogen and oxygen atoms in total. The van der Waals surface area contributed by atoms with Crippen molar-refractivity contribution in [3.05, 3.63) is 0 Å². The molecule has 2 heteroatoms. The van der Waals surface area contributed by atoms with Crippen LogP contribution in [0.25, 0.3) is 0 Å². The molecule has 1 unspecified atom stereocenters.